The van der Waals surface area contributed by atoms with E-state index in [0.717, 1.165) is 31.0 Å². The predicted molar refractivity (Wildman–Crippen MR) is 89.7 cm³/mol. The van der Waals surface area contributed by atoms with Crippen molar-refractivity contribution in [2.75, 3.05) is 13.2 Å². The van der Waals surface area contributed by atoms with Crippen LogP contribution in [0.3, 0.4) is 0 Å². The standard InChI is InChI=1S/C19H18ClF2NO/c20-13-4-2-12(3-5-13)10-19-8-1-9-23-16(19)11-24-18-15(22)7-6-14(21)17(18)19/h2-7,16,23H,1,8-11H2/t16-,19+/m1/s1. The molecule has 0 bridgehead atoms. The first-order valence-electron chi connectivity index (χ1n) is 8.19. The van der Waals surface area contributed by atoms with E-state index in [2.05, 4.69) is 5.32 Å². The van der Waals surface area contributed by atoms with E-state index >= 15 is 0 Å². The zero-order valence-corrected chi connectivity index (χ0v) is 13.9. The van der Waals surface area contributed by atoms with Crippen molar-refractivity contribution in [3.8, 4) is 5.75 Å². The van der Waals surface area contributed by atoms with E-state index in [1.807, 2.05) is 24.3 Å². The second-order valence-electron chi connectivity index (χ2n) is 6.61. The van der Waals surface area contributed by atoms with E-state index in [0.29, 0.717) is 23.6 Å². The largest absolute Gasteiger partial charge is 0.488 e. The molecule has 2 aliphatic rings. The highest BCUT2D eigenvalue weighted by atomic mass is 35.5. The molecule has 0 unspecified atom stereocenters. The number of piperidine rings is 1. The number of nitrogens with one attached hydrogen (secondary N) is 1. The van der Waals surface area contributed by atoms with Crippen LogP contribution in [0.1, 0.15) is 24.0 Å². The Morgan fingerprint density at radius 2 is 1.88 bits per heavy atom. The molecule has 1 N–H and O–H groups in total. The summed E-state index contributed by atoms with van der Waals surface area (Å²) in [5, 5.41) is 4.11. The van der Waals surface area contributed by atoms with Crippen molar-refractivity contribution < 1.29 is 13.5 Å². The number of hydrogen-bond acceptors (Lipinski definition) is 2. The lowest BCUT2D eigenvalue weighted by atomic mass is 9.64. The molecule has 2 atom stereocenters. The lowest BCUT2D eigenvalue weighted by Gasteiger charge is -2.48. The number of rotatable bonds is 2. The third-order valence-corrected chi connectivity index (χ3v) is 5.49. The molecule has 0 radical (unpaired) electrons. The van der Waals surface area contributed by atoms with Gasteiger partial charge in [-0.1, -0.05) is 23.7 Å². The van der Waals surface area contributed by atoms with Gasteiger partial charge in [0.05, 0.1) is 6.04 Å². The number of halogens is 3. The Labute approximate surface area is 144 Å². The minimum atomic E-state index is -0.508. The molecule has 5 heteroatoms. The van der Waals surface area contributed by atoms with Gasteiger partial charge in [0.2, 0.25) is 0 Å². The molecule has 0 amide bonds. The summed E-state index contributed by atoms with van der Waals surface area (Å²) in [7, 11) is 0. The molecule has 1 fully saturated rings. The van der Waals surface area contributed by atoms with Crippen molar-refractivity contribution in [3.63, 3.8) is 0 Å². The van der Waals surface area contributed by atoms with Gasteiger partial charge in [0.15, 0.2) is 11.6 Å². The Morgan fingerprint density at radius 1 is 1.12 bits per heavy atom. The van der Waals surface area contributed by atoms with Gasteiger partial charge in [-0.2, -0.15) is 0 Å². The molecule has 2 aliphatic heterocycles. The monoisotopic (exact) mass is 349 g/mol. The Morgan fingerprint density at radius 3 is 2.67 bits per heavy atom. The van der Waals surface area contributed by atoms with Crippen LogP contribution in [-0.2, 0) is 11.8 Å². The summed E-state index contributed by atoms with van der Waals surface area (Å²) in [6.07, 6.45) is 2.34. The van der Waals surface area contributed by atoms with Gasteiger partial charge in [-0.05, 0) is 55.6 Å². The first-order chi connectivity index (χ1) is 11.6. The molecule has 126 valence electrons. The predicted octanol–water partition coefficient (Wildman–Crippen LogP) is 4.24. The van der Waals surface area contributed by atoms with Crippen LogP contribution >= 0.6 is 11.6 Å². The summed E-state index contributed by atoms with van der Waals surface area (Å²) in [5.41, 5.74) is 0.928. The summed E-state index contributed by atoms with van der Waals surface area (Å²) in [4.78, 5) is 0. The smallest absolute Gasteiger partial charge is 0.165 e. The molecule has 24 heavy (non-hydrogen) atoms. The summed E-state index contributed by atoms with van der Waals surface area (Å²) in [5.74, 6) is -0.816. The van der Waals surface area contributed by atoms with Crippen molar-refractivity contribution in [3.05, 3.63) is 64.2 Å². The van der Waals surface area contributed by atoms with E-state index in [1.54, 1.807) is 0 Å². The zero-order chi connectivity index (χ0) is 16.7. The van der Waals surface area contributed by atoms with Gasteiger partial charge in [0.1, 0.15) is 12.4 Å². The van der Waals surface area contributed by atoms with Crippen LogP contribution < -0.4 is 10.1 Å². The first-order valence-corrected chi connectivity index (χ1v) is 8.57. The summed E-state index contributed by atoms with van der Waals surface area (Å²) < 4.78 is 34.6. The molecule has 0 spiro atoms. The van der Waals surface area contributed by atoms with Gasteiger partial charge in [0, 0.05) is 16.0 Å². The molecular formula is C19H18ClF2NO. The fraction of sp³-hybridized carbons (Fsp3) is 0.368. The molecule has 4 rings (SSSR count). The molecule has 2 nitrogen and oxygen atoms in total. The number of ether oxygens (including phenoxy) is 1. The topological polar surface area (TPSA) is 21.3 Å². The van der Waals surface area contributed by atoms with E-state index in [4.69, 9.17) is 16.3 Å². The summed E-state index contributed by atoms with van der Waals surface area (Å²) >= 11 is 5.98. The molecular weight excluding hydrogens is 332 g/mol. The van der Waals surface area contributed by atoms with Gasteiger partial charge >= 0.3 is 0 Å². The lowest BCUT2D eigenvalue weighted by Crippen LogP contribution is -2.59. The second kappa shape index (κ2) is 6.01. The number of hydrogen-bond donors (Lipinski definition) is 1. The number of fused-ring (bicyclic) bond motifs is 3. The maximum absolute atomic E-state index is 14.7. The average Bonchev–Trinajstić information content (AvgIpc) is 2.59. The van der Waals surface area contributed by atoms with Crippen LogP contribution in [0.4, 0.5) is 8.78 Å². The highest BCUT2D eigenvalue weighted by Gasteiger charge is 2.49. The van der Waals surface area contributed by atoms with Gasteiger partial charge in [-0.3, -0.25) is 0 Å². The first kappa shape index (κ1) is 15.9. The molecule has 1 saturated heterocycles. The van der Waals surface area contributed by atoms with Gasteiger partial charge in [-0.25, -0.2) is 8.78 Å². The molecule has 2 heterocycles. The molecule has 2 aromatic carbocycles. The minimum Gasteiger partial charge on any atom is -0.488 e. The molecule has 0 aliphatic carbocycles. The van der Waals surface area contributed by atoms with Crippen LogP contribution in [0.2, 0.25) is 5.02 Å². The molecule has 2 aromatic rings. The zero-order valence-electron chi connectivity index (χ0n) is 13.1. The van der Waals surface area contributed by atoms with E-state index < -0.39 is 17.0 Å². The van der Waals surface area contributed by atoms with Crippen molar-refractivity contribution in [2.45, 2.75) is 30.7 Å². The van der Waals surface area contributed by atoms with Crippen molar-refractivity contribution >= 4 is 11.6 Å². The Balaban J connectivity index is 1.85. The maximum atomic E-state index is 14.7. The molecule has 0 saturated carbocycles. The SMILES string of the molecule is Fc1ccc(F)c2c1OC[C@H]1NCCC[C@@]21Cc1ccc(Cl)cc1. The minimum absolute atomic E-state index is 0.0364. The highest BCUT2D eigenvalue weighted by Crippen LogP contribution is 2.48. The maximum Gasteiger partial charge on any atom is 0.165 e. The Kier molecular flexibility index (Phi) is 3.97. The Hall–Kier alpha value is -1.65. The van der Waals surface area contributed by atoms with Crippen LogP contribution in [0.5, 0.6) is 5.75 Å². The van der Waals surface area contributed by atoms with Crippen molar-refractivity contribution in [2.24, 2.45) is 0 Å². The van der Waals surface area contributed by atoms with Gasteiger partial charge in [-0.15, -0.1) is 0 Å². The van der Waals surface area contributed by atoms with Crippen molar-refractivity contribution in [1.29, 1.82) is 0 Å². The third kappa shape index (κ3) is 2.49. The van der Waals surface area contributed by atoms with Crippen LogP contribution in [0.25, 0.3) is 0 Å². The average molecular weight is 350 g/mol. The lowest BCUT2D eigenvalue weighted by molar-refractivity contribution is 0.113. The fourth-order valence-electron chi connectivity index (χ4n) is 4.14. The van der Waals surface area contributed by atoms with Crippen molar-refractivity contribution in [1.82, 2.24) is 5.32 Å². The Bertz CT molecular complexity index is 765. The molecule has 0 aromatic heterocycles. The van der Waals surface area contributed by atoms with Crippen LogP contribution in [-0.4, -0.2) is 19.2 Å². The van der Waals surface area contributed by atoms with E-state index in [-0.39, 0.29) is 11.8 Å². The van der Waals surface area contributed by atoms with Crippen LogP contribution in [0.15, 0.2) is 36.4 Å². The quantitative estimate of drug-likeness (QED) is 0.875. The van der Waals surface area contributed by atoms with Gasteiger partial charge < -0.3 is 10.1 Å². The van der Waals surface area contributed by atoms with E-state index in [1.165, 1.54) is 6.07 Å². The summed E-state index contributed by atoms with van der Waals surface area (Å²) in [6.45, 7) is 1.21. The third-order valence-electron chi connectivity index (χ3n) is 5.24. The highest BCUT2D eigenvalue weighted by molar-refractivity contribution is 6.30. The van der Waals surface area contributed by atoms with Crippen LogP contribution in [0, 0.1) is 11.6 Å². The fourth-order valence-corrected chi connectivity index (χ4v) is 4.26. The number of benzene rings is 2. The second-order valence-corrected chi connectivity index (χ2v) is 7.05. The normalized spacial score (nSPS) is 25.5. The summed E-state index contributed by atoms with van der Waals surface area (Å²) in [6, 6.07) is 9.89. The van der Waals surface area contributed by atoms with E-state index in [9.17, 15) is 8.78 Å². The van der Waals surface area contributed by atoms with Gasteiger partial charge in [0.25, 0.3) is 0 Å².